The fraction of sp³-hybridized carbons (Fsp3) is 0.217. The van der Waals surface area contributed by atoms with E-state index in [1.807, 2.05) is 49.4 Å². The van der Waals surface area contributed by atoms with Gasteiger partial charge in [0.15, 0.2) is 11.5 Å². The highest BCUT2D eigenvalue weighted by atomic mass is 35.5. The lowest BCUT2D eigenvalue weighted by atomic mass is 10.2. The molecule has 1 N–H and O–H groups in total. The van der Waals surface area contributed by atoms with Crippen molar-refractivity contribution in [2.75, 3.05) is 19.0 Å². The number of benzene rings is 3. The summed E-state index contributed by atoms with van der Waals surface area (Å²) in [7, 11) is 1.58. The van der Waals surface area contributed by atoms with Crippen LogP contribution in [-0.2, 0) is 13.2 Å². The number of hydrogen-bond acceptors (Lipinski definition) is 4. The summed E-state index contributed by atoms with van der Waals surface area (Å²) in [6.07, 6.45) is 0. The van der Waals surface area contributed by atoms with Gasteiger partial charge in [0.2, 0.25) is 0 Å². The normalized spacial score (nSPS) is 10.6. The van der Waals surface area contributed by atoms with Crippen molar-refractivity contribution in [1.82, 2.24) is 0 Å². The highest BCUT2D eigenvalue weighted by Crippen LogP contribution is 2.35. The third-order valence-corrected chi connectivity index (χ3v) is 5.21. The van der Waals surface area contributed by atoms with E-state index in [2.05, 4.69) is 5.32 Å². The Labute approximate surface area is 191 Å². The number of halogens is 3. The Morgan fingerprint density at radius 3 is 2.33 bits per heavy atom. The van der Waals surface area contributed by atoms with E-state index in [0.717, 1.165) is 16.8 Å². The molecule has 0 fully saturated rings. The van der Waals surface area contributed by atoms with E-state index in [9.17, 15) is 0 Å². The Balaban J connectivity index is 1.74. The van der Waals surface area contributed by atoms with Gasteiger partial charge in [-0.05, 0) is 54.4 Å². The van der Waals surface area contributed by atoms with Gasteiger partial charge in [-0.15, -0.1) is 0 Å². The fourth-order valence-electron chi connectivity index (χ4n) is 2.86. The Kier molecular flexibility index (Phi) is 7.97. The summed E-state index contributed by atoms with van der Waals surface area (Å²) in [5.74, 6) is 1.84. The van der Waals surface area contributed by atoms with Crippen molar-refractivity contribution in [3.63, 3.8) is 0 Å². The SMILES string of the molecule is CCOc1cc(CNc2ccc(OC)c(Cl)c2)c(Cl)cc1OCc1cccc(Cl)c1. The molecule has 0 atom stereocenters. The lowest BCUT2D eigenvalue weighted by Crippen LogP contribution is -2.04. The van der Waals surface area contributed by atoms with Crippen molar-refractivity contribution in [3.05, 3.63) is 80.8 Å². The first-order valence-corrected chi connectivity index (χ1v) is 10.5. The molecule has 0 heterocycles. The molecule has 0 bridgehead atoms. The number of methoxy groups -OCH3 is 1. The molecular formula is C23H22Cl3NO3. The Hall–Kier alpha value is -2.27. The van der Waals surface area contributed by atoms with Crippen LogP contribution in [0.5, 0.6) is 17.2 Å². The zero-order valence-electron chi connectivity index (χ0n) is 16.7. The maximum Gasteiger partial charge on any atom is 0.163 e. The highest BCUT2D eigenvalue weighted by molar-refractivity contribution is 6.32. The van der Waals surface area contributed by atoms with Crippen LogP contribution in [-0.4, -0.2) is 13.7 Å². The maximum atomic E-state index is 6.51. The number of rotatable bonds is 9. The summed E-state index contributed by atoms with van der Waals surface area (Å²) < 4.78 is 16.9. The third-order valence-electron chi connectivity index (χ3n) is 4.33. The predicted molar refractivity (Wildman–Crippen MR) is 124 cm³/mol. The van der Waals surface area contributed by atoms with Crippen molar-refractivity contribution in [2.24, 2.45) is 0 Å². The molecule has 0 aliphatic carbocycles. The van der Waals surface area contributed by atoms with E-state index in [0.29, 0.717) is 52.1 Å². The van der Waals surface area contributed by atoms with Gasteiger partial charge in [-0.3, -0.25) is 0 Å². The second-order valence-electron chi connectivity index (χ2n) is 6.44. The van der Waals surface area contributed by atoms with Crippen molar-refractivity contribution < 1.29 is 14.2 Å². The maximum absolute atomic E-state index is 6.51. The van der Waals surface area contributed by atoms with Gasteiger partial charge in [-0.1, -0.05) is 46.9 Å². The Bertz CT molecular complexity index is 1010. The summed E-state index contributed by atoms with van der Waals surface area (Å²) in [6.45, 7) is 3.29. The molecule has 0 saturated heterocycles. The van der Waals surface area contributed by atoms with E-state index in [1.165, 1.54) is 0 Å². The van der Waals surface area contributed by atoms with Crippen LogP contribution in [0.3, 0.4) is 0 Å². The summed E-state index contributed by atoms with van der Waals surface area (Å²) in [5, 5.41) is 5.09. The molecule has 0 amide bonds. The first kappa shape index (κ1) is 22.4. The lowest BCUT2D eigenvalue weighted by molar-refractivity contribution is 0.269. The molecule has 30 heavy (non-hydrogen) atoms. The standard InChI is InChI=1S/C23H22Cl3NO3/c1-3-29-22-10-16(13-27-18-7-8-21(28-2)20(26)11-18)19(25)12-23(22)30-14-15-5-4-6-17(24)9-15/h4-12,27H,3,13-14H2,1-2H3. The molecule has 0 aliphatic heterocycles. The number of ether oxygens (including phenoxy) is 3. The lowest BCUT2D eigenvalue weighted by Gasteiger charge is -2.16. The first-order chi connectivity index (χ1) is 14.5. The average Bonchev–Trinajstić information content (AvgIpc) is 2.73. The topological polar surface area (TPSA) is 39.7 Å². The number of hydrogen-bond donors (Lipinski definition) is 1. The van der Waals surface area contributed by atoms with Crippen LogP contribution in [0.4, 0.5) is 5.69 Å². The van der Waals surface area contributed by atoms with E-state index >= 15 is 0 Å². The molecule has 0 aliphatic rings. The number of nitrogens with one attached hydrogen (secondary N) is 1. The molecule has 0 aromatic heterocycles. The first-order valence-electron chi connectivity index (χ1n) is 9.40. The van der Waals surface area contributed by atoms with Crippen LogP contribution in [0.1, 0.15) is 18.1 Å². The summed E-state index contributed by atoms with van der Waals surface area (Å²) >= 11 is 18.7. The zero-order valence-corrected chi connectivity index (χ0v) is 18.9. The molecule has 0 saturated carbocycles. The summed E-state index contributed by atoms with van der Waals surface area (Å²) in [6, 6.07) is 16.7. The van der Waals surface area contributed by atoms with Crippen LogP contribution in [0, 0.1) is 0 Å². The molecule has 0 unspecified atom stereocenters. The van der Waals surface area contributed by atoms with Gasteiger partial charge in [-0.2, -0.15) is 0 Å². The number of anilines is 1. The van der Waals surface area contributed by atoms with Gasteiger partial charge in [-0.25, -0.2) is 0 Å². The monoisotopic (exact) mass is 465 g/mol. The van der Waals surface area contributed by atoms with Crippen molar-refractivity contribution in [1.29, 1.82) is 0 Å². The molecule has 3 aromatic rings. The van der Waals surface area contributed by atoms with Crippen LogP contribution in [0.25, 0.3) is 0 Å². The van der Waals surface area contributed by atoms with Gasteiger partial charge in [0.05, 0.1) is 18.7 Å². The quantitative estimate of drug-likeness (QED) is 0.360. The van der Waals surface area contributed by atoms with Gasteiger partial charge < -0.3 is 19.5 Å². The molecule has 7 heteroatoms. The van der Waals surface area contributed by atoms with Gasteiger partial charge in [0.1, 0.15) is 12.4 Å². The van der Waals surface area contributed by atoms with E-state index in [4.69, 9.17) is 49.0 Å². The molecule has 3 rings (SSSR count). The van der Waals surface area contributed by atoms with Gasteiger partial charge >= 0.3 is 0 Å². The zero-order chi connectivity index (χ0) is 21.5. The third kappa shape index (κ3) is 5.88. The van der Waals surface area contributed by atoms with Crippen LogP contribution in [0.2, 0.25) is 15.1 Å². The van der Waals surface area contributed by atoms with Crippen molar-refractivity contribution in [3.8, 4) is 17.2 Å². The molecule has 0 radical (unpaired) electrons. The molecule has 3 aromatic carbocycles. The molecular weight excluding hydrogens is 445 g/mol. The highest BCUT2D eigenvalue weighted by Gasteiger charge is 2.12. The van der Waals surface area contributed by atoms with Crippen molar-refractivity contribution in [2.45, 2.75) is 20.1 Å². The fourth-order valence-corrected chi connectivity index (χ4v) is 3.55. The second kappa shape index (κ2) is 10.7. The van der Waals surface area contributed by atoms with Gasteiger partial charge in [0, 0.05) is 28.3 Å². The largest absolute Gasteiger partial charge is 0.495 e. The average molecular weight is 467 g/mol. The molecule has 4 nitrogen and oxygen atoms in total. The minimum absolute atomic E-state index is 0.360. The Morgan fingerprint density at radius 1 is 0.833 bits per heavy atom. The minimum Gasteiger partial charge on any atom is -0.495 e. The smallest absolute Gasteiger partial charge is 0.163 e. The Morgan fingerprint density at radius 2 is 1.63 bits per heavy atom. The summed E-state index contributed by atoms with van der Waals surface area (Å²) in [4.78, 5) is 0. The molecule has 0 spiro atoms. The summed E-state index contributed by atoms with van der Waals surface area (Å²) in [5.41, 5.74) is 2.70. The van der Waals surface area contributed by atoms with E-state index in [-0.39, 0.29) is 0 Å². The van der Waals surface area contributed by atoms with E-state index < -0.39 is 0 Å². The minimum atomic E-state index is 0.360. The van der Waals surface area contributed by atoms with Crippen LogP contribution in [0.15, 0.2) is 54.6 Å². The van der Waals surface area contributed by atoms with Crippen LogP contribution >= 0.6 is 34.8 Å². The van der Waals surface area contributed by atoms with Crippen LogP contribution < -0.4 is 19.5 Å². The van der Waals surface area contributed by atoms with Crippen molar-refractivity contribution >= 4 is 40.5 Å². The molecule has 158 valence electrons. The predicted octanol–water partition coefficient (Wildman–Crippen LogP) is 7.25. The van der Waals surface area contributed by atoms with E-state index in [1.54, 1.807) is 19.2 Å². The second-order valence-corrected chi connectivity index (χ2v) is 7.70. The van der Waals surface area contributed by atoms with Gasteiger partial charge in [0.25, 0.3) is 0 Å².